The van der Waals surface area contributed by atoms with E-state index in [1.807, 2.05) is 25.1 Å². The quantitative estimate of drug-likeness (QED) is 0.793. The summed E-state index contributed by atoms with van der Waals surface area (Å²) < 4.78 is 0. The van der Waals surface area contributed by atoms with E-state index in [1.165, 1.54) is 5.56 Å². The molecule has 3 unspecified atom stereocenters. The molecule has 0 fully saturated rings. The van der Waals surface area contributed by atoms with Crippen LogP contribution in [0.4, 0.5) is 0 Å². The molecule has 0 heterocycles. The number of hydrogen-bond acceptors (Lipinski definition) is 2. The maximum absolute atomic E-state index is 12.6. The second-order valence-corrected chi connectivity index (χ2v) is 5.68. The molecule has 0 radical (unpaired) electrons. The zero-order valence-electron chi connectivity index (χ0n) is 14.1. The van der Waals surface area contributed by atoms with Crippen LogP contribution in [0.25, 0.3) is 0 Å². The van der Waals surface area contributed by atoms with Gasteiger partial charge in [-0.1, -0.05) is 64.4 Å². The first kappa shape index (κ1) is 17.7. The van der Waals surface area contributed by atoms with E-state index in [0.29, 0.717) is 5.92 Å². The molecule has 0 saturated heterocycles. The topological polar surface area (TPSA) is 32.3 Å². The summed E-state index contributed by atoms with van der Waals surface area (Å²) in [4.78, 5) is 14.7. The van der Waals surface area contributed by atoms with Crippen LogP contribution in [0.3, 0.4) is 0 Å². The van der Waals surface area contributed by atoms with Gasteiger partial charge in [0.15, 0.2) is 0 Å². The molecule has 21 heavy (non-hydrogen) atoms. The third-order valence-electron chi connectivity index (χ3n) is 4.41. The number of likely N-dealkylation sites (N-methyl/N-ethyl adjacent to an activating group) is 1. The van der Waals surface area contributed by atoms with Crippen molar-refractivity contribution in [3.63, 3.8) is 0 Å². The fourth-order valence-electron chi connectivity index (χ4n) is 2.66. The lowest BCUT2D eigenvalue weighted by Crippen LogP contribution is -2.47. The Labute approximate surface area is 129 Å². The second-order valence-electron chi connectivity index (χ2n) is 5.68. The van der Waals surface area contributed by atoms with Gasteiger partial charge in [-0.25, -0.2) is 0 Å². The van der Waals surface area contributed by atoms with Crippen LogP contribution in [0.1, 0.15) is 52.6 Å². The highest BCUT2D eigenvalue weighted by atomic mass is 16.2. The van der Waals surface area contributed by atoms with Crippen molar-refractivity contribution in [2.24, 2.45) is 5.92 Å². The maximum Gasteiger partial charge on any atom is 0.237 e. The first-order chi connectivity index (χ1) is 10.0. The monoisotopic (exact) mass is 290 g/mol. The van der Waals surface area contributed by atoms with Crippen molar-refractivity contribution in [2.75, 3.05) is 13.1 Å². The van der Waals surface area contributed by atoms with Crippen LogP contribution in [0.5, 0.6) is 0 Å². The molecule has 0 saturated carbocycles. The molecule has 0 aliphatic rings. The summed E-state index contributed by atoms with van der Waals surface area (Å²) in [5.41, 5.74) is 1.19. The Hall–Kier alpha value is -1.35. The number of rotatable bonds is 8. The summed E-state index contributed by atoms with van der Waals surface area (Å²) >= 11 is 0. The summed E-state index contributed by atoms with van der Waals surface area (Å²) in [5.74, 6) is 0.535. The van der Waals surface area contributed by atoms with E-state index in [1.54, 1.807) is 0 Å². The van der Waals surface area contributed by atoms with E-state index in [4.69, 9.17) is 0 Å². The SMILES string of the molecule is CCC(C)C(NC(=O)C(C)N(CC)CC)c1ccccc1. The molecule has 3 heteroatoms. The summed E-state index contributed by atoms with van der Waals surface area (Å²) in [7, 11) is 0. The normalized spacial score (nSPS) is 15.5. The molecule has 1 aromatic carbocycles. The van der Waals surface area contributed by atoms with Crippen LogP contribution in [-0.2, 0) is 4.79 Å². The van der Waals surface area contributed by atoms with Crippen molar-refractivity contribution >= 4 is 5.91 Å². The van der Waals surface area contributed by atoms with Crippen LogP contribution in [0.2, 0.25) is 0 Å². The highest BCUT2D eigenvalue weighted by molar-refractivity contribution is 5.81. The Morgan fingerprint density at radius 2 is 1.67 bits per heavy atom. The lowest BCUT2D eigenvalue weighted by atomic mass is 9.92. The van der Waals surface area contributed by atoms with Crippen LogP contribution in [0.15, 0.2) is 30.3 Å². The van der Waals surface area contributed by atoms with Gasteiger partial charge in [-0.3, -0.25) is 9.69 Å². The van der Waals surface area contributed by atoms with Gasteiger partial charge in [0, 0.05) is 0 Å². The molecule has 1 aromatic rings. The molecule has 3 atom stereocenters. The molecule has 0 spiro atoms. The van der Waals surface area contributed by atoms with Gasteiger partial charge < -0.3 is 5.32 Å². The number of nitrogens with one attached hydrogen (secondary N) is 1. The zero-order valence-corrected chi connectivity index (χ0v) is 14.1. The van der Waals surface area contributed by atoms with E-state index < -0.39 is 0 Å². The fourth-order valence-corrected chi connectivity index (χ4v) is 2.66. The minimum Gasteiger partial charge on any atom is -0.348 e. The molecule has 1 rings (SSSR count). The molecule has 1 amide bonds. The van der Waals surface area contributed by atoms with Crippen LogP contribution in [0, 0.1) is 5.92 Å². The predicted octanol–water partition coefficient (Wildman–Crippen LogP) is 3.62. The molecular weight excluding hydrogens is 260 g/mol. The van der Waals surface area contributed by atoms with E-state index in [2.05, 4.69) is 50.0 Å². The van der Waals surface area contributed by atoms with Crippen LogP contribution < -0.4 is 5.32 Å². The lowest BCUT2D eigenvalue weighted by molar-refractivity contribution is -0.127. The van der Waals surface area contributed by atoms with E-state index >= 15 is 0 Å². The maximum atomic E-state index is 12.6. The minimum atomic E-state index is -0.0877. The van der Waals surface area contributed by atoms with E-state index in [-0.39, 0.29) is 18.0 Å². The van der Waals surface area contributed by atoms with Crippen LogP contribution >= 0.6 is 0 Å². The molecule has 0 aromatic heterocycles. The number of carbonyl (C=O) groups excluding carboxylic acids is 1. The first-order valence-corrected chi connectivity index (χ1v) is 8.14. The second kappa shape index (κ2) is 8.83. The van der Waals surface area contributed by atoms with Crippen molar-refractivity contribution in [2.45, 2.75) is 53.1 Å². The van der Waals surface area contributed by atoms with Gasteiger partial charge in [-0.2, -0.15) is 0 Å². The van der Waals surface area contributed by atoms with E-state index in [9.17, 15) is 4.79 Å². The third-order valence-corrected chi connectivity index (χ3v) is 4.41. The smallest absolute Gasteiger partial charge is 0.237 e. The number of amides is 1. The summed E-state index contributed by atoms with van der Waals surface area (Å²) in [6.07, 6.45) is 1.04. The van der Waals surface area contributed by atoms with Gasteiger partial charge in [0.05, 0.1) is 12.1 Å². The Morgan fingerprint density at radius 1 is 1.10 bits per heavy atom. The summed E-state index contributed by atoms with van der Waals surface area (Å²) in [5, 5.41) is 3.25. The highest BCUT2D eigenvalue weighted by Gasteiger charge is 2.25. The highest BCUT2D eigenvalue weighted by Crippen LogP contribution is 2.24. The van der Waals surface area contributed by atoms with Crippen molar-refractivity contribution < 1.29 is 4.79 Å². The van der Waals surface area contributed by atoms with Gasteiger partial charge in [0.1, 0.15) is 0 Å². The molecular formula is C18H30N2O. The molecule has 118 valence electrons. The zero-order chi connectivity index (χ0) is 15.8. The van der Waals surface area contributed by atoms with Crippen molar-refractivity contribution in [3.05, 3.63) is 35.9 Å². The number of nitrogens with zero attached hydrogens (tertiary/aromatic N) is 1. The average molecular weight is 290 g/mol. The Balaban J connectivity index is 2.85. The molecule has 0 aliphatic heterocycles. The van der Waals surface area contributed by atoms with Gasteiger partial charge in [0.2, 0.25) is 5.91 Å². The predicted molar refractivity (Wildman–Crippen MR) is 89.2 cm³/mol. The summed E-state index contributed by atoms with van der Waals surface area (Å²) in [6, 6.07) is 10.3. The molecule has 3 nitrogen and oxygen atoms in total. The van der Waals surface area contributed by atoms with Gasteiger partial charge >= 0.3 is 0 Å². The van der Waals surface area contributed by atoms with Crippen molar-refractivity contribution in [1.29, 1.82) is 0 Å². The van der Waals surface area contributed by atoms with Crippen molar-refractivity contribution in [3.8, 4) is 0 Å². The van der Waals surface area contributed by atoms with Gasteiger partial charge in [-0.05, 0) is 31.5 Å². The number of benzene rings is 1. The standard InChI is InChI=1S/C18H30N2O/c1-6-14(4)17(16-12-10-9-11-13-16)19-18(21)15(5)20(7-2)8-3/h9-15,17H,6-8H2,1-5H3,(H,19,21). The van der Waals surface area contributed by atoms with Gasteiger partial charge in [0.25, 0.3) is 0 Å². The van der Waals surface area contributed by atoms with Gasteiger partial charge in [-0.15, -0.1) is 0 Å². The van der Waals surface area contributed by atoms with E-state index in [0.717, 1.165) is 19.5 Å². The molecule has 1 N–H and O–H groups in total. The minimum absolute atomic E-state index is 0.0849. The Morgan fingerprint density at radius 3 is 2.14 bits per heavy atom. The summed E-state index contributed by atoms with van der Waals surface area (Å²) in [6.45, 7) is 12.3. The number of carbonyl (C=O) groups is 1. The van der Waals surface area contributed by atoms with Crippen molar-refractivity contribution in [1.82, 2.24) is 10.2 Å². The molecule has 0 aliphatic carbocycles. The fraction of sp³-hybridized carbons (Fsp3) is 0.611. The first-order valence-electron chi connectivity index (χ1n) is 8.14. The lowest BCUT2D eigenvalue weighted by Gasteiger charge is -2.30. The van der Waals surface area contributed by atoms with Crippen LogP contribution in [-0.4, -0.2) is 29.9 Å². The Kier molecular flexibility index (Phi) is 7.44. The Bertz CT molecular complexity index is 414. The largest absolute Gasteiger partial charge is 0.348 e. The third kappa shape index (κ3) is 4.85. The molecule has 0 bridgehead atoms. The average Bonchev–Trinajstić information content (AvgIpc) is 2.53. The number of hydrogen-bond donors (Lipinski definition) is 1.